The summed E-state index contributed by atoms with van der Waals surface area (Å²) in [5.74, 6) is 0.891. The molecule has 2 aromatic rings. The molecule has 26 heavy (non-hydrogen) atoms. The minimum Gasteiger partial charge on any atom is -0.382 e. The number of halogens is 1. The zero-order valence-corrected chi connectivity index (χ0v) is 14.9. The van der Waals surface area contributed by atoms with Crippen LogP contribution >= 0.6 is 0 Å². The van der Waals surface area contributed by atoms with E-state index < -0.39 is 0 Å². The summed E-state index contributed by atoms with van der Waals surface area (Å²) in [7, 11) is 0. The van der Waals surface area contributed by atoms with Crippen LogP contribution in [0, 0.1) is 11.7 Å². The van der Waals surface area contributed by atoms with Crippen LogP contribution in [0.15, 0.2) is 36.7 Å². The molecule has 1 aliphatic rings. The van der Waals surface area contributed by atoms with Gasteiger partial charge in [0.15, 0.2) is 0 Å². The van der Waals surface area contributed by atoms with Gasteiger partial charge in [0.1, 0.15) is 11.6 Å². The van der Waals surface area contributed by atoms with Crippen molar-refractivity contribution in [3.8, 4) is 0 Å². The lowest BCUT2D eigenvalue weighted by Gasteiger charge is -2.20. The largest absolute Gasteiger partial charge is 0.382 e. The number of likely N-dealkylation sites (tertiary alicyclic amines) is 1. The van der Waals surface area contributed by atoms with Gasteiger partial charge in [-0.3, -0.25) is 9.78 Å². The first-order chi connectivity index (χ1) is 12.6. The second kappa shape index (κ2) is 8.74. The van der Waals surface area contributed by atoms with E-state index in [0.717, 1.165) is 50.0 Å². The fourth-order valence-corrected chi connectivity index (χ4v) is 3.45. The summed E-state index contributed by atoms with van der Waals surface area (Å²) in [6.07, 6.45) is 8.42. The molecule has 6 heteroatoms. The number of nitrogens with zero attached hydrogens (tertiary/aromatic N) is 3. The van der Waals surface area contributed by atoms with Gasteiger partial charge in [0.05, 0.1) is 18.1 Å². The van der Waals surface area contributed by atoms with Gasteiger partial charge >= 0.3 is 0 Å². The lowest BCUT2D eigenvalue weighted by atomic mass is 9.95. The number of nitrogen functional groups attached to an aromatic ring is 1. The third kappa shape index (κ3) is 5.25. The fraction of sp³-hybridized carbons (Fsp3) is 0.450. The molecule has 1 amide bonds. The highest BCUT2D eigenvalue weighted by molar-refractivity contribution is 5.76. The second-order valence-corrected chi connectivity index (χ2v) is 6.94. The van der Waals surface area contributed by atoms with E-state index in [0.29, 0.717) is 24.6 Å². The standard InChI is InChI=1S/C20H25FN4O/c21-17-6-3-15(4-7-17)5-8-20(26)25-10-1-2-16(9-11-25)12-18-13-24-19(22)14-23-18/h3-4,6-7,13-14,16H,1-2,5,8-12H2,(H2,22,24). The van der Waals surface area contributed by atoms with Crippen LogP contribution in [0.3, 0.4) is 0 Å². The Kier molecular flexibility index (Phi) is 6.15. The van der Waals surface area contributed by atoms with Crippen molar-refractivity contribution in [3.63, 3.8) is 0 Å². The molecule has 138 valence electrons. The van der Waals surface area contributed by atoms with Crippen LogP contribution in [0.4, 0.5) is 10.2 Å². The van der Waals surface area contributed by atoms with Crippen LogP contribution < -0.4 is 5.73 Å². The summed E-state index contributed by atoms with van der Waals surface area (Å²) in [5, 5.41) is 0. The Morgan fingerprint density at radius 1 is 1.15 bits per heavy atom. The normalized spacial score (nSPS) is 17.7. The monoisotopic (exact) mass is 356 g/mol. The predicted molar refractivity (Wildman–Crippen MR) is 98.8 cm³/mol. The summed E-state index contributed by atoms with van der Waals surface area (Å²) < 4.78 is 12.9. The average molecular weight is 356 g/mol. The maximum Gasteiger partial charge on any atom is 0.222 e. The van der Waals surface area contributed by atoms with Crippen molar-refractivity contribution < 1.29 is 9.18 Å². The van der Waals surface area contributed by atoms with Gasteiger partial charge in [0.2, 0.25) is 5.91 Å². The van der Waals surface area contributed by atoms with Gasteiger partial charge in [-0.15, -0.1) is 0 Å². The SMILES string of the molecule is Nc1cnc(CC2CCCN(C(=O)CCc3ccc(F)cc3)CC2)cn1. The highest BCUT2D eigenvalue weighted by Gasteiger charge is 2.21. The van der Waals surface area contributed by atoms with Crippen molar-refractivity contribution in [2.45, 2.75) is 38.5 Å². The van der Waals surface area contributed by atoms with E-state index in [1.807, 2.05) is 4.90 Å². The summed E-state index contributed by atoms with van der Waals surface area (Å²) in [6, 6.07) is 6.37. The molecule has 0 spiro atoms. The quantitative estimate of drug-likeness (QED) is 0.894. The van der Waals surface area contributed by atoms with E-state index >= 15 is 0 Å². The Morgan fingerprint density at radius 3 is 2.69 bits per heavy atom. The summed E-state index contributed by atoms with van der Waals surface area (Å²) in [4.78, 5) is 22.9. The molecular formula is C20H25FN4O. The number of aromatic nitrogens is 2. The van der Waals surface area contributed by atoms with E-state index in [4.69, 9.17) is 5.73 Å². The Morgan fingerprint density at radius 2 is 1.96 bits per heavy atom. The molecule has 1 unspecified atom stereocenters. The predicted octanol–water partition coefficient (Wildman–Crippen LogP) is 3.00. The van der Waals surface area contributed by atoms with E-state index in [1.54, 1.807) is 24.5 Å². The van der Waals surface area contributed by atoms with Crippen molar-refractivity contribution in [2.24, 2.45) is 5.92 Å². The molecule has 2 heterocycles. The number of hydrogen-bond donors (Lipinski definition) is 1. The van der Waals surface area contributed by atoms with Crippen molar-refractivity contribution in [1.29, 1.82) is 0 Å². The average Bonchev–Trinajstić information content (AvgIpc) is 2.88. The number of carbonyl (C=O) groups excluding carboxylic acids is 1. The topological polar surface area (TPSA) is 72.1 Å². The molecule has 0 radical (unpaired) electrons. The molecule has 1 fully saturated rings. The van der Waals surface area contributed by atoms with E-state index in [-0.39, 0.29) is 11.7 Å². The molecule has 1 atom stereocenters. The van der Waals surface area contributed by atoms with Gasteiger partial charge in [-0.1, -0.05) is 12.1 Å². The van der Waals surface area contributed by atoms with Crippen LogP contribution in [0.25, 0.3) is 0 Å². The minimum atomic E-state index is -0.246. The molecular weight excluding hydrogens is 331 g/mol. The van der Waals surface area contributed by atoms with Crippen LogP contribution in [-0.4, -0.2) is 33.9 Å². The fourth-order valence-electron chi connectivity index (χ4n) is 3.45. The zero-order valence-electron chi connectivity index (χ0n) is 14.9. The van der Waals surface area contributed by atoms with Gasteiger partial charge in [-0.05, 0) is 55.7 Å². The van der Waals surface area contributed by atoms with Crippen molar-refractivity contribution >= 4 is 11.7 Å². The number of rotatable bonds is 5. The number of benzene rings is 1. The highest BCUT2D eigenvalue weighted by Crippen LogP contribution is 2.22. The molecule has 0 bridgehead atoms. The Balaban J connectivity index is 1.47. The van der Waals surface area contributed by atoms with Crippen molar-refractivity contribution in [3.05, 3.63) is 53.7 Å². The Hall–Kier alpha value is -2.50. The van der Waals surface area contributed by atoms with Crippen molar-refractivity contribution in [1.82, 2.24) is 14.9 Å². The maximum absolute atomic E-state index is 12.9. The van der Waals surface area contributed by atoms with Crippen LogP contribution in [0.1, 0.15) is 36.9 Å². The molecule has 5 nitrogen and oxygen atoms in total. The first-order valence-corrected chi connectivity index (χ1v) is 9.19. The third-order valence-corrected chi connectivity index (χ3v) is 4.96. The van der Waals surface area contributed by atoms with Gasteiger partial charge in [-0.25, -0.2) is 9.37 Å². The summed E-state index contributed by atoms with van der Waals surface area (Å²) >= 11 is 0. The first-order valence-electron chi connectivity index (χ1n) is 9.19. The molecule has 1 saturated heterocycles. The van der Waals surface area contributed by atoms with Crippen LogP contribution in [-0.2, 0) is 17.6 Å². The second-order valence-electron chi connectivity index (χ2n) is 6.94. The molecule has 1 aromatic heterocycles. The van der Waals surface area contributed by atoms with Gasteiger partial charge in [0, 0.05) is 19.5 Å². The molecule has 1 aliphatic heterocycles. The lowest BCUT2D eigenvalue weighted by molar-refractivity contribution is -0.131. The van der Waals surface area contributed by atoms with E-state index in [1.165, 1.54) is 12.1 Å². The smallest absolute Gasteiger partial charge is 0.222 e. The molecule has 1 aromatic carbocycles. The van der Waals surface area contributed by atoms with E-state index in [2.05, 4.69) is 9.97 Å². The molecule has 3 rings (SSSR count). The van der Waals surface area contributed by atoms with Crippen LogP contribution in [0.2, 0.25) is 0 Å². The van der Waals surface area contributed by atoms with E-state index in [9.17, 15) is 9.18 Å². The number of carbonyl (C=O) groups is 1. The maximum atomic E-state index is 12.9. The molecule has 2 N–H and O–H groups in total. The molecule has 0 aliphatic carbocycles. The lowest BCUT2D eigenvalue weighted by Crippen LogP contribution is -2.32. The van der Waals surface area contributed by atoms with Gasteiger partial charge < -0.3 is 10.6 Å². The number of hydrogen-bond acceptors (Lipinski definition) is 4. The summed E-state index contributed by atoms with van der Waals surface area (Å²) in [5.41, 5.74) is 7.53. The first kappa shape index (κ1) is 18.3. The number of anilines is 1. The highest BCUT2D eigenvalue weighted by atomic mass is 19.1. The Bertz CT molecular complexity index is 718. The van der Waals surface area contributed by atoms with Crippen molar-refractivity contribution in [2.75, 3.05) is 18.8 Å². The Labute approximate surface area is 153 Å². The summed E-state index contributed by atoms with van der Waals surface area (Å²) in [6.45, 7) is 1.60. The van der Waals surface area contributed by atoms with Gasteiger partial charge in [0.25, 0.3) is 0 Å². The third-order valence-electron chi connectivity index (χ3n) is 4.96. The molecule has 0 saturated carbocycles. The van der Waals surface area contributed by atoms with Crippen LogP contribution in [0.5, 0.6) is 0 Å². The number of aryl methyl sites for hydroxylation is 1. The minimum absolute atomic E-state index is 0.183. The number of nitrogens with two attached hydrogens (primary N) is 1. The van der Waals surface area contributed by atoms with Gasteiger partial charge in [-0.2, -0.15) is 0 Å². The zero-order chi connectivity index (χ0) is 18.4. The number of amides is 1.